The summed E-state index contributed by atoms with van der Waals surface area (Å²) in [6.45, 7) is 2.14. The summed E-state index contributed by atoms with van der Waals surface area (Å²) in [6.07, 6.45) is 19.4. The lowest BCUT2D eigenvalue weighted by Gasteiger charge is -1.99. The molecule has 3 nitrogen and oxygen atoms in total. The topological polar surface area (TPSA) is 54.4 Å². The molecule has 0 aliphatic heterocycles. The molecular formula is C19H32O3. The van der Waals surface area contributed by atoms with Gasteiger partial charge in [0.25, 0.3) is 0 Å². The van der Waals surface area contributed by atoms with E-state index in [4.69, 9.17) is 5.11 Å². The Morgan fingerprint density at radius 3 is 2.14 bits per heavy atom. The van der Waals surface area contributed by atoms with E-state index in [1.165, 1.54) is 12.8 Å². The largest absolute Gasteiger partial charge is 0.481 e. The van der Waals surface area contributed by atoms with Crippen LogP contribution in [0, 0.1) is 0 Å². The number of hydrogen-bond donors (Lipinski definition) is 1. The van der Waals surface area contributed by atoms with Gasteiger partial charge in [-0.3, -0.25) is 9.59 Å². The average Bonchev–Trinajstić information content (AvgIpc) is 2.48. The Morgan fingerprint density at radius 1 is 0.818 bits per heavy atom. The Bertz CT molecular complexity index is 343. The normalized spacial score (nSPS) is 11.5. The van der Waals surface area contributed by atoms with Crippen LogP contribution in [0.4, 0.5) is 0 Å². The predicted octanol–water partition coefficient (Wildman–Crippen LogP) is 5.45. The standard InChI is InChI=1S/C19H32O3/c1-2-3-12-15-18(20)16-13-10-8-6-4-5-7-9-11-14-17-19(21)22/h8,10,13,16H,2-7,9,11-12,14-15,17H2,1H3,(H,21,22)/b10-8+,16-13+. The first kappa shape index (κ1) is 20.6. The van der Waals surface area contributed by atoms with Gasteiger partial charge in [0.1, 0.15) is 0 Å². The Balaban J connectivity index is 3.36. The van der Waals surface area contributed by atoms with E-state index in [1.807, 2.05) is 12.2 Å². The predicted molar refractivity (Wildman–Crippen MR) is 92.0 cm³/mol. The number of carbonyl (C=O) groups is 2. The molecule has 3 heteroatoms. The molecule has 0 radical (unpaired) electrons. The lowest BCUT2D eigenvalue weighted by molar-refractivity contribution is -0.137. The number of aliphatic carboxylic acids is 1. The van der Waals surface area contributed by atoms with E-state index >= 15 is 0 Å². The molecule has 0 atom stereocenters. The summed E-state index contributed by atoms with van der Waals surface area (Å²) < 4.78 is 0. The zero-order valence-corrected chi connectivity index (χ0v) is 14.1. The van der Waals surface area contributed by atoms with E-state index in [-0.39, 0.29) is 5.78 Å². The third-order valence-corrected chi connectivity index (χ3v) is 3.57. The van der Waals surface area contributed by atoms with Gasteiger partial charge in [-0.2, -0.15) is 0 Å². The molecule has 0 aromatic rings. The highest BCUT2D eigenvalue weighted by molar-refractivity contribution is 5.89. The van der Waals surface area contributed by atoms with Crippen molar-refractivity contribution in [2.24, 2.45) is 0 Å². The highest BCUT2D eigenvalue weighted by atomic mass is 16.4. The maximum atomic E-state index is 11.5. The molecule has 0 aromatic carbocycles. The number of allylic oxidation sites excluding steroid dienone is 4. The minimum absolute atomic E-state index is 0.222. The summed E-state index contributed by atoms with van der Waals surface area (Å²) in [5.74, 6) is -0.471. The monoisotopic (exact) mass is 308 g/mol. The molecule has 0 saturated carbocycles. The summed E-state index contributed by atoms with van der Waals surface area (Å²) in [5, 5.41) is 8.51. The maximum Gasteiger partial charge on any atom is 0.303 e. The highest BCUT2D eigenvalue weighted by Gasteiger charge is 1.96. The number of carbonyl (C=O) groups excluding carboxylic acids is 1. The van der Waals surface area contributed by atoms with E-state index in [0.717, 1.165) is 51.4 Å². The zero-order chi connectivity index (χ0) is 16.5. The van der Waals surface area contributed by atoms with E-state index in [2.05, 4.69) is 13.0 Å². The molecule has 0 saturated heterocycles. The van der Waals surface area contributed by atoms with Gasteiger partial charge in [-0.05, 0) is 31.8 Å². The minimum atomic E-state index is -0.693. The quantitative estimate of drug-likeness (QED) is 0.248. The first-order valence-corrected chi connectivity index (χ1v) is 8.74. The van der Waals surface area contributed by atoms with Crippen LogP contribution >= 0.6 is 0 Å². The molecule has 0 aliphatic carbocycles. The summed E-state index contributed by atoms with van der Waals surface area (Å²) in [5.41, 5.74) is 0. The van der Waals surface area contributed by atoms with Crippen LogP contribution < -0.4 is 0 Å². The second-order valence-corrected chi connectivity index (χ2v) is 5.76. The first-order valence-electron chi connectivity index (χ1n) is 8.74. The molecule has 0 unspecified atom stereocenters. The van der Waals surface area contributed by atoms with Crippen LogP contribution in [0.25, 0.3) is 0 Å². The molecule has 0 amide bonds. The van der Waals surface area contributed by atoms with Gasteiger partial charge in [-0.1, -0.05) is 63.7 Å². The lowest BCUT2D eigenvalue weighted by Crippen LogP contribution is -1.93. The molecule has 0 bridgehead atoms. The van der Waals surface area contributed by atoms with Gasteiger partial charge in [0.05, 0.1) is 0 Å². The van der Waals surface area contributed by atoms with Crippen LogP contribution in [0.3, 0.4) is 0 Å². The molecule has 22 heavy (non-hydrogen) atoms. The lowest BCUT2D eigenvalue weighted by atomic mass is 10.1. The van der Waals surface area contributed by atoms with Crippen molar-refractivity contribution >= 4 is 11.8 Å². The first-order chi connectivity index (χ1) is 10.7. The van der Waals surface area contributed by atoms with Crippen LogP contribution in [0.1, 0.15) is 84.0 Å². The zero-order valence-electron chi connectivity index (χ0n) is 14.1. The van der Waals surface area contributed by atoms with E-state index in [9.17, 15) is 9.59 Å². The highest BCUT2D eigenvalue weighted by Crippen LogP contribution is 2.09. The SMILES string of the molecule is CCCCCC(=O)/C=C/C=C/CCCCCCCCC(=O)O. The fraction of sp³-hybridized carbons (Fsp3) is 0.684. The van der Waals surface area contributed by atoms with Gasteiger partial charge >= 0.3 is 5.97 Å². The molecule has 0 spiro atoms. The molecule has 0 heterocycles. The van der Waals surface area contributed by atoms with Crippen molar-refractivity contribution in [2.45, 2.75) is 84.0 Å². The molecule has 126 valence electrons. The second kappa shape index (κ2) is 16.0. The van der Waals surface area contributed by atoms with Crippen molar-refractivity contribution < 1.29 is 14.7 Å². The van der Waals surface area contributed by atoms with Crippen molar-refractivity contribution in [1.29, 1.82) is 0 Å². The molecular weight excluding hydrogens is 276 g/mol. The molecule has 0 aromatic heterocycles. The molecule has 0 aliphatic rings. The van der Waals surface area contributed by atoms with Crippen molar-refractivity contribution in [3.63, 3.8) is 0 Å². The number of ketones is 1. The smallest absolute Gasteiger partial charge is 0.303 e. The summed E-state index contributed by atoms with van der Waals surface area (Å²) in [6, 6.07) is 0. The Kier molecular flexibility index (Phi) is 15.0. The molecule has 0 fully saturated rings. The summed E-state index contributed by atoms with van der Waals surface area (Å²) in [4.78, 5) is 21.8. The van der Waals surface area contributed by atoms with Crippen LogP contribution in [0.2, 0.25) is 0 Å². The van der Waals surface area contributed by atoms with Crippen LogP contribution in [0.5, 0.6) is 0 Å². The Morgan fingerprint density at radius 2 is 1.45 bits per heavy atom. The third kappa shape index (κ3) is 16.7. The number of carboxylic acids is 1. The number of rotatable bonds is 15. The van der Waals surface area contributed by atoms with Crippen LogP contribution in [-0.2, 0) is 9.59 Å². The Hall–Kier alpha value is -1.38. The molecule has 1 N–H and O–H groups in total. The fourth-order valence-electron chi connectivity index (χ4n) is 2.22. The van der Waals surface area contributed by atoms with Gasteiger partial charge in [0.2, 0.25) is 0 Å². The van der Waals surface area contributed by atoms with Gasteiger partial charge in [0.15, 0.2) is 5.78 Å². The van der Waals surface area contributed by atoms with E-state index in [0.29, 0.717) is 12.8 Å². The van der Waals surface area contributed by atoms with Crippen molar-refractivity contribution in [3.8, 4) is 0 Å². The third-order valence-electron chi connectivity index (χ3n) is 3.57. The van der Waals surface area contributed by atoms with E-state index in [1.54, 1.807) is 6.08 Å². The minimum Gasteiger partial charge on any atom is -0.481 e. The van der Waals surface area contributed by atoms with E-state index < -0.39 is 5.97 Å². The van der Waals surface area contributed by atoms with Crippen molar-refractivity contribution in [1.82, 2.24) is 0 Å². The number of unbranched alkanes of at least 4 members (excludes halogenated alkanes) is 8. The van der Waals surface area contributed by atoms with Gasteiger partial charge < -0.3 is 5.11 Å². The average molecular weight is 308 g/mol. The number of carboxylic acid groups (broad SMARTS) is 1. The summed E-state index contributed by atoms with van der Waals surface area (Å²) >= 11 is 0. The van der Waals surface area contributed by atoms with Crippen LogP contribution in [-0.4, -0.2) is 16.9 Å². The Labute approximate surface area is 135 Å². The van der Waals surface area contributed by atoms with Gasteiger partial charge in [-0.25, -0.2) is 0 Å². The van der Waals surface area contributed by atoms with Crippen LogP contribution in [0.15, 0.2) is 24.3 Å². The molecule has 0 rings (SSSR count). The van der Waals surface area contributed by atoms with Crippen molar-refractivity contribution in [2.75, 3.05) is 0 Å². The fourth-order valence-corrected chi connectivity index (χ4v) is 2.22. The van der Waals surface area contributed by atoms with Gasteiger partial charge in [-0.15, -0.1) is 0 Å². The second-order valence-electron chi connectivity index (χ2n) is 5.76. The number of hydrogen-bond acceptors (Lipinski definition) is 2. The van der Waals surface area contributed by atoms with Crippen molar-refractivity contribution in [3.05, 3.63) is 24.3 Å². The maximum absolute atomic E-state index is 11.5. The summed E-state index contributed by atoms with van der Waals surface area (Å²) in [7, 11) is 0. The van der Waals surface area contributed by atoms with Gasteiger partial charge in [0, 0.05) is 12.8 Å².